The number of nitrogens with zero attached hydrogens (tertiary/aromatic N) is 1. The summed E-state index contributed by atoms with van der Waals surface area (Å²) in [6.07, 6.45) is 3.34. The summed E-state index contributed by atoms with van der Waals surface area (Å²) in [4.78, 5) is 19.3. The SMILES string of the molecule is CCc1cnc(C(C)NCc2ccc(CC(=O)OC)s2)s1. The highest BCUT2D eigenvalue weighted by Gasteiger charge is 2.11. The Hall–Kier alpha value is -1.24. The number of hydrogen-bond donors (Lipinski definition) is 1. The average molecular weight is 324 g/mol. The quantitative estimate of drug-likeness (QED) is 0.794. The number of carbonyl (C=O) groups excluding carboxylic acids is 1. The predicted molar refractivity (Wildman–Crippen MR) is 86.8 cm³/mol. The number of carbonyl (C=O) groups is 1. The molecule has 0 aliphatic carbocycles. The van der Waals surface area contributed by atoms with E-state index >= 15 is 0 Å². The van der Waals surface area contributed by atoms with E-state index in [1.165, 1.54) is 16.9 Å². The van der Waals surface area contributed by atoms with E-state index in [9.17, 15) is 4.79 Å². The van der Waals surface area contributed by atoms with Gasteiger partial charge in [-0.1, -0.05) is 6.92 Å². The van der Waals surface area contributed by atoms with E-state index in [-0.39, 0.29) is 12.0 Å². The van der Waals surface area contributed by atoms with Gasteiger partial charge >= 0.3 is 5.97 Å². The first-order valence-electron chi connectivity index (χ1n) is 6.94. The number of rotatable bonds is 7. The first-order chi connectivity index (χ1) is 10.1. The molecule has 0 amide bonds. The summed E-state index contributed by atoms with van der Waals surface area (Å²) in [7, 11) is 1.42. The molecular weight excluding hydrogens is 304 g/mol. The van der Waals surface area contributed by atoms with Gasteiger partial charge in [0.05, 0.1) is 19.6 Å². The highest BCUT2D eigenvalue weighted by Crippen LogP contribution is 2.22. The van der Waals surface area contributed by atoms with Crippen molar-refractivity contribution in [2.45, 2.75) is 39.3 Å². The number of esters is 1. The van der Waals surface area contributed by atoms with Crippen LogP contribution in [0.4, 0.5) is 0 Å². The van der Waals surface area contributed by atoms with Crippen molar-refractivity contribution in [2.75, 3.05) is 7.11 Å². The van der Waals surface area contributed by atoms with Crippen LogP contribution in [0.15, 0.2) is 18.3 Å². The molecule has 2 aromatic heterocycles. The van der Waals surface area contributed by atoms with Gasteiger partial charge < -0.3 is 10.1 Å². The lowest BCUT2D eigenvalue weighted by molar-refractivity contribution is -0.139. The number of ether oxygens (including phenoxy) is 1. The van der Waals surface area contributed by atoms with E-state index in [2.05, 4.69) is 35.0 Å². The van der Waals surface area contributed by atoms with Crippen molar-refractivity contribution in [1.82, 2.24) is 10.3 Å². The summed E-state index contributed by atoms with van der Waals surface area (Å²) >= 11 is 3.40. The van der Waals surface area contributed by atoms with Gasteiger partial charge in [-0.15, -0.1) is 22.7 Å². The van der Waals surface area contributed by atoms with Gasteiger partial charge in [0.15, 0.2) is 0 Å². The van der Waals surface area contributed by atoms with Crippen LogP contribution in [0.2, 0.25) is 0 Å². The van der Waals surface area contributed by atoms with E-state index in [1.807, 2.05) is 12.3 Å². The van der Waals surface area contributed by atoms with E-state index in [0.717, 1.165) is 22.9 Å². The van der Waals surface area contributed by atoms with Crippen LogP contribution >= 0.6 is 22.7 Å². The Bertz CT molecular complexity index is 592. The Morgan fingerprint density at radius 1 is 1.33 bits per heavy atom. The number of aromatic nitrogens is 1. The maximum atomic E-state index is 11.2. The second-order valence-corrected chi connectivity index (χ2v) is 7.14. The zero-order chi connectivity index (χ0) is 15.2. The van der Waals surface area contributed by atoms with Crippen LogP contribution in [0.5, 0.6) is 0 Å². The van der Waals surface area contributed by atoms with Crippen LogP contribution < -0.4 is 5.32 Å². The molecule has 0 aromatic carbocycles. The summed E-state index contributed by atoms with van der Waals surface area (Å²) in [6.45, 7) is 5.05. The molecule has 1 N–H and O–H groups in total. The van der Waals surface area contributed by atoms with E-state index < -0.39 is 0 Å². The predicted octanol–water partition coefficient (Wildman–Crippen LogP) is 3.33. The van der Waals surface area contributed by atoms with Crippen LogP contribution in [-0.4, -0.2) is 18.1 Å². The van der Waals surface area contributed by atoms with Gasteiger partial charge in [0.1, 0.15) is 5.01 Å². The van der Waals surface area contributed by atoms with Gasteiger partial charge in [-0.25, -0.2) is 4.98 Å². The molecule has 2 heterocycles. The van der Waals surface area contributed by atoms with Crippen molar-refractivity contribution >= 4 is 28.6 Å². The molecule has 2 rings (SSSR count). The minimum atomic E-state index is -0.195. The summed E-state index contributed by atoms with van der Waals surface area (Å²) in [5.74, 6) is -0.195. The summed E-state index contributed by atoms with van der Waals surface area (Å²) in [5.41, 5.74) is 0. The third kappa shape index (κ3) is 4.62. The first-order valence-corrected chi connectivity index (χ1v) is 8.58. The monoisotopic (exact) mass is 324 g/mol. The molecule has 0 spiro atoms. The minimum Gasteiger partial charge on any atom is -0.469 e. The molecule has 1 unspecified atom stereocenters. The Morgan fingerprint density at radius 2 is 2.10 bits per heavy atom. The molecule has 0 saturated heterocycles. The maximum Gasteiger partial charge on any atom is 0.310 e. The number of methoxy groups -OCH3 is 1. The molecule has 2 aromatic rings. The van der Waals surface area contributed by atoms with Gasteiger partial charge in [0.2, 0.25) is 0 Å². The van der Waals surface area contributed by atoms with E-state index in [1.54, 1.807) is 22.7 Å². The van der Waals surface area contributed by atoms with Gasteiger partial charge in [0, 0.05) is 27.4 Å². The molecule has 21 heavy (non-hydrogen) atoms. The minimum absolute atomic E-state index is 0.195. The van der Waals surface area contributed by atoms with Gasteiger partial charge in [0.25, 0.3) is 0 Å². The molecule has 1 atom stereocenters. The highest BCUT2D eigenvalue weighted by molar-refractivity contribution is 7.12. The molecule has 0 bridgehead atoms. The van der Waals surface area contributed by atoms with Gasteiger partial charge in [-0.05, 0) is 25.5 Å². The zero-order valence-electron chi connectivity index (χ0n) is 12.5. The molecule has 6 heteroatoms. The Balaban J connectivity index is 1.86. The molecular formula is C15H20N2O2S2. The lowest BCUT2D eigenvalue weighted by atomic mass is 10.3. The number of aryl methyl sites for hydroxylation is 1. The van der Waals surface area contributed by atoms with Crippen LogP contribution in [-0.2, 0) is 28.9 Å². The molecule has 0 radical (unpaired) electrons. The third-order valence-corrected chi connectivity index (χ3v) is 5.55. The standard InChI is InChI=1S/C15H20N2O2S2/c1-4-11-8-17-15(21-11)10(2)16-9-13-6-5-12(20-13)7-14(18)19-3/h5-6,8,10,16H,4,7,9H2,1-3H3. The second kappa shape index (κ2) is 7.68. The van der Waals surface area contributed by atoms with Crippen molar-refractivity contribution < 1.29 is 9.53 Å². The van der Waals surface area contributed by atoms with Crippen LogP contribution in [0.25, 0.3) is 0 Å². The smallest absolute Gasteiger partial charge is 0.310 e. The first kappa shape index (κ1) is 16.1. The number of hydrogen-bond acceptors (Lipinski definition) is 6. The van der Waals surface area contributed by atoms with Crippen LogP contribution in [0.1, 0.15) is 39.5 Å². The average Bonchev–Trinajstić information content (AvgIpc) is 3.13. The normalized spacial score (nSPS) is 12.3. The lowest BCUT2D eigenvalue weighted by Crippen LogP contribution is -2.17. The Kier molecular flexibility index (Phi) is 5.90. The molecule has 0 saturated carbocycles. The summed E-state index contributed by atoms with van der Waals surface area (Å²) in [6, 6.07) is 4.28. The van der Waals surface area contributed by atoms with Crippen LogP contribution in [0.3, 0.4) is 0 Å². The maximum absolute atomic E-state index is 11.2. The van der Waals surface area contributed by atoms with Gasteiger partial charge in [-0.2, -0.15) is 0 Å². The zero-order valence-corrected chi connectivity index (χ0v) is 14.1. The number of thiophene rings is 1. The number of thiazole rings is 1. The van der Waals surface area contributed by atoms with Crippen molar-refractivity contribution in [3.63, 3.8) is 0 Å². The van der Waals surface area contributed by atoms with Crippen LogP contribution in [0, 0.1) is 0 Å². The van der Waals surface area contributed by atoms with Crippen molar-refractivity contribution in [1.29, 1.82) is 0 Å². The third-order valence-electron chi connectivity index (χ3n) is 3.14. The van der Waals surface area contributed by atoms with E-state index in [0.29, 0.717) is 6.42 Å². The lowest BCUT2D eigenvalue weighted by Gasteiger charge is -2.09. The summed E-state index contributed by atoms with van der Waals surface area (Å²) < 4.78 is 4.68. The van der Waals surface area contributed by atoms with E-state index in [4.69, 9.17) is 0 Å². The number of nitrogens with one attached hydrogen (secondary N) is 1. The summed E-state index contributed by atoms with van der Waals surface area (Å²) in [5, 5.41) is 4.60. The molecule has 0 fully saturated rings. The molecule has 0 aliphatic rings. The largest absolute Gasteiger partial charge is 0.469 e. The second-order valence-electron chi connectivity index (χ2n) is 4.74. The molecule has 114 valence electrons. The Labute approximate surface area is 133 Å². The molecule has 4 nitrogen and oxygen atoms in total. The van der Waals surface area contributed by atoms with Crippen molar-refractivity contribution in [3.05, 3.63) is 38.0 Å². The van der Waals surface area contributed by atoms with Gasteiger partial charge in [-0.3, -0.25) is 4.79 Å². The fourth-order valence-corrected chi connectivity index (χ4v) is 3.69. The highest BCUT2D eigenvalue weighted by atomic mass is 32.1. The van der Waals surface area contributed by atoms with Crippen molar-refractivity contribution in [2.24, 2.45) is 0 Å². The van der Waals surface area contributed by atoms with Crippen molar-refractivity contribution in [3.8, 4) is 0 Å². The topological polar surface area (TPSA) is 51.2 Å². The molecule has 0 aliphatic heterocycles. The fraction of sp³-hybridized carbons (Fsp3) is 0.467. The Morgan fingerprint density at radius 3 is 2.76 bits per heavy atom. The fourth-order valence-electron chi connectivity index (χ4n) is 1.85.